The molecule has 1 aromatic rings. The topological polar surface area (TPSA) is 32.3 Å². The van der Waals surface area contributed by atoms with E-state index in [4.69, 9.17) is 5.11 Å². The van der Waals surface area contributed by atoms with Crippen molar-refractivity contribution in [3.63, 3.8) is 0 Å². The first-order chi connectivity index (χ1) is 7.11. The fourth-order valence-electron chi connectivity index (χ4n) is 1.44. The number of hydrogen-bond donors (Lipinski definition) is 2. The molecule has 0 spiro atoms. The van der Waals surface area contributed by atoms with Crippen LogP contribution in [-0.4, -0.2) is 17.8 Å². The van der Waals surface area contributed by atoms with Gasteiger partial charge in [-0.25, -0.2) is 0 Å². The Bertz CT molecular complexity index is 301. The number of halogens is 1. The molecular weight excluding hydrogens is 254 g/mol. The van der Waals surface area contributed by atoms with Crippen molar-refractivity contribution >= 4 is 15.9 Å². The van der Waals surface area contributed by atoms with E-state index in [9.17, 15) is 0 Å². The third-order valence-corrected chi connectivity index (χ3v) is 3.11. The molecule has 0 bridgehead atoms. The lowest BCUT2D eigenvalue weighted by atomic mass is 10.1. The molecule has 0 aliphatic rings. The third kappa shape index (κ3) is 4.33. The molecular formula is C12H18BrNO. The van der Waals surface area contributed by atoms with Crippen LogP contribution in [0.25, 0.3) is 0 Å². The van der Waals surface area contributed by atoms with Crippen LogP contribution in [0.5, 0.6) is 0 Å². The Morgan fingerprint density at radius 2 is 2.00 bits per heavy atom. The average Bonchev–Trinajstić information content (AvgIpc) is 2.17. The summed E-state index contributed by atoms with van der Waals surface area (Å²) < 4.78 is 1.13. The molecule has 2 N–H and O–H groups in total. The predicted octanol–water partition coefficient (Wildman–Crippen LogP) is 2.87. The van der Waals surface area contributed by atoms with E-state index in [1.807, 2.05) is 25.1 Å². The van der Waals surface area contributed by atoms with Crippen molar-refractivity contribution in [2.75, 3.05) is 6.54 Å². The summed E-state index contributed by atoms with van der Waals surface area (Å²) in [6, 6.07) is 8.49. The number of aliphatic hydroxyl groups is 1. The molecule has 1 aromatic carbocycles. The molecule has 0 aliphatic heterocycles. The van der Waals surface area contributed by atoms with Gasteiger partial charge in [0.25, 0.3) is 0 Å². The fourth-order valence-corrected chi connectivity index (χ4v) is 2.07. The van der Waals surface area contributed by atoms with Gasteiger partial charge in [0.2, 0.25) is 0 Å². The zero-order valence-electron chi connectivity index (χ0n) is 9.20. The molecule has 2 nitrogen and oxygen atoms in total. The Balaban J connectivity index is 2.47. The number of rotatable bonds is 5. The summed E-state index contributed by atoms with van der Waals surface area (Å²) in [4.78, 5) is 0. The summed E-state index contributed by atoms with van der Waals surface area (Å²) in [5, 5.41) is 12.5. The van der Waals surface area contributed by atoms with Gasteiger partial charge in [-0.15, -0.1) is 0 Å². The predicted molar refractivity (Wildman–Crippen MR) is 66.9 cm³/mol. The first-order valence-electron chi connectivity index (χ1n) is 5.27. The molecule has 0 heterocycles. The maximum absolute atomic E-state index is 9.14. The van der Waals surface area contributed by atoms with Crippen LogP contribution in [0.2, 0.25) is 0 Å². The smallest absolute Gasteiger partial charge is 0.0524 e. The van der Waals surface area contributed by atoms with Crippen LogP contribution < -0.4 is 5.32 Å². The van der Waals surface area contributed by atoms with E-state index in [2.05, 4.69) is 34.2 Å². The minimum Gasteiger partial charge on any atom is -0.393 e. The Hall–Kier alpha value is -0.380. The van der Waals surface area contributed by atoms with Crippen LogP contribution in [0.15, 0.2) is 28.7 Å². The molecule has 0 aromatic heterocycles. The van der Waals surface area contributed by atoms with Gasteiger partial charge in [-0.05, 0) is 38.4 Å². The van der Waals surface area contributed by atoms with Gasteiger partial charge in [-0.1, -0.05) is 34.1 Å². The standard InChI is InChI=1S/C12H18BrNO/c1-9(15)7-8-14-10(2)11-5-3-4-6-12(11)13/h3-6,9-10,14-15H,7-8H2,1-2H3/t9-,10-/m1/s1. The molecule has 3 heteroatoms. The van der Waals surface area contributed by atoms with Crippen LogP contribution in [0, 0.1) is 0 Å². The largest absolute Gasteiger partial charge is 0.393 e. The lowest BCUT2D eigenvalue weighted by molar-refractivity contribution is 0.182. The zero-order chi connectivity index (χ0) is 11.3. The highest BCUT2D eigenvalue weighted by atomic mass is 79.9. The van der Waals surface area contributed by atoms with Gasteiger partial charge in [0.15, 0.2) is 0 Å². The summed E-state index contributed by atoms with van der Waals surface area (Å²) >= 11 is 3.53. The van der Waals surface area contributed by atoms with Gasteiger partial charge < -0.3 is 10.4 Å². The van der Waals surface area contributed by atoms with E-state index in [0.29, 0.717) is 6.04 Å². The summed E-state index contributed by atoms with van der Waals surface area (Å²) in [5.74, 6) is 0. The van der Waals surface area contributed by atoms with Crippen molar-refractivity contribution in [3.05, 3.63) is 34.3 Å². The van der Waals surface area contributed by atoms with E-state index in [1.165, 1.54) is 5.56 Å². The van der Waals surface area contributed by atoms with E-state index in [-0.39, 0.29) is 6.10 Å². The summed E-state index contributed by atoms with van der Waals surface area (Å²) in [5.41, 5.74) is 1.25. The summed E-state index contributed by atoms with van der Waals surface area (Å²) in [6.07, 6.45) is 0.554. The molecule has 0 saturated heterocycles. The Morgan fingerprint density at radius 1 is 1.33 bits per heavy atom. The van der Waals surface area contributed by atoms with E-state index in [0.717, 1.165) is 17.4 Å². The number of aliphatic hydroxyl groups excluding tert-OH is 1. The second-order valence-electron chi connectivity index (χ2n) is 3.84. The molecule has 0 saturated carbocycles. The summed E-state index contributed by atoms with van der Waals surface area (Å²) in [6.45, 7) is 4.77. The van der Waals surface area contributed by atoms with Crippen molar-refractivity contribution in [2.24, 2.45) is 0 Å². The lowest BCUT2D eigenvalue weighted by Gasteiger charge is -2.16. The number of benzene rings is 1. The highest BCUT2D eigenvalue weighted by Gasteiger charge is 2.07. The highest BCUT2D eigenvalue weighted by molar-refractivity contribution is 9.10. The van der Waals surface area contributed by atoms with Crippen molar-refractivity contribution in [1.82, 2.24) is 5.32 Å². The Kier molecular flexibility index (Phi) is 5.29. The first kappa shape index (κ1) is 12.7. The monoisotopic (exact) mass is 271 g/mol. The average molecular weight is 272 g/mol. The van der Waals surface area contributed by atoms with Crippen molar-refractivity contribution < 1.29 is 5.11 Å². The summed E-state index contributed by atoms with van der Waals surface area (Å²) in [7, 11) is 0. The van der Waals surface area contributed by atoms with E-state index in [1.54, 1.807) is 0 Å². The van der Waals surface area contributed by atoms with Gasteiger partial charge in [0, 0.05) is 10.5 Å². The van der Waals surface area contributed by atoms with Crippen LogP contribution >= 0.6 is 15.9 Å². The normalized spacial score (nSPS) is 14.9. The van der Waals surface area contributed by atoms with E-state index >= 15 is 0 Å². The first-order valence-corrected chi connectivity index (χ1v) is 6.06. The SMILES string of the molecule is C[C@@H](O)CCN[C@H](C)c1ccccc1Br. The molecule has 0 aliphatic carbocycles. The van der Waals surface area contributed by atoms with Gasteiger partial charge >= 0.3 is 0 Å². The molecule has 2 atom stereocenters. The second kappa shape index (κ2) is 6.26. The lowest BCUT2D eigenvalue weighted by Crippen LogP contribution is -2.22. The van der Waals surface area contributed by atoms with Crippen LogP contribution in [-0.2, 0) is 0 Å². The molecule has 0 radical (unpaired) electrons. The van der Waals surface area contributed by atoms with Crippen molar-refractivity contribution in [2.45, 2.75) is 32.4 Å². The number of nitrogens with one attached hydrogen (secondary N) is 1. The zero-order valence-corrected chi connectivity index (χ0v) is 10.8. The second-order valence-corrected chi connectivity index (χ2v) is 4.69. The molecule has 0 fully saturated rings. The minimum absolute atomic E-state index is 0.232. The van der Waals surface area contributed by atoms with Crippen molar-refractivity contribution in [1.29, 1.82) is 0 Å². The van der Waals surface area contributed by atoms with Crippen LogP contribution in [0.3, 0.4) is 0 Å². The minimum atomic E-state index is -0.232. The molecule has 0 unspecified atom stereocenters. The molecule has 84 valence electrons. The quantitative estimate of drug-likeness (QED) is 0.863. The third-order valence-electron chi connectivity index (χ3n) is 2.38. The van der Waals surface area contributed by atoms with Crippen LogP contribution in [0.1, 0.15) is 31.9 Å². The number of hydrogen-bond acceptors (Lipinski definition) is 2. The molecule has 1 rings (SSSR count). The van der Waals surface area contributed by atoms with Gasteiger partial charge in [0.05, 0.1) is 6.10 Å². The van der Waals surface area contributed by atoms with Gasteiger partial charge in [0.1, 0.15) is 0 Å². The van der Waals surface area contributed by atoms with Gasteiger partial charge in [-0.3, -0.25) is 0 Å². The Labute approximate surface area is 99.8 Å². The fraction of sp³-hybridized carbons (Fsp3) is 0.500. The Morgan fingerprint density at radius 3 is 2.60 bits per heavy atom. The molecule has 15 heavy (non-hydrogen) atoms. The van der Waals surface area contributed by atoms with E-state index < -0.39 is 0 Å². The molecule has 0 amide bonds. The highest BCUT2D eigenvalue weighted by Crippen LogP contribution is 2.22. The van der Waals surface area contributed by atoms with Crippen molar-refractivity contribution in [3.8, 4) is 0 Å². The van der Waals surface area contributed by atoms with Gasteiger partial charge in [-0.2, -0.15) is 0 Å². The maximum Gasteiger partial charge on any atom is 0.0524 e. The van der Waals surface area contributed by atoms with Crippen LogP contribution in [0.4, 0.5) is 0 Å². The maximum atomic E-state index is 9.14.